The van der Waals surface area contributed by atoms with Gasteiger partial charge in [-0.2, -0.15) is 13.2 Å². The van der Waals surface area contributed by atoms with Crippen molar-refractivity contribution in [3.05, 3.63) is 29.8 Å². The van der Waals surface area contributed by atoms with Gasteiger partial charge < -0.3 is 25.2 Å². The number of ether oxygens (including phenoxy) is 1. The molecule has 0 radical (unpaired) electrons. The van der Waals surface area contributed by atoms with Gasteiger partial charge in [-0.05, 0) is 24.1 Å². The molecule has 30 heavy (non-hydrogen) atoms. The number of carbonyl (C=O) groups excluding carboxylic acids is 2. The summed E-state index contributed by atoms with van der Waals surface area (Å²) < 4.78 is 41.4. The normalized spacial score (nSPS) is 22.8. The fourth-order valence-electron chi connectivity index (χ4n) is 4.14. The predicted octanol–water partition coefficient (Wildman–Crippen LogP) is 1.78. The number of anilines is 1. The maximum Gasteiger partial charge on any atom is 0.411 e. The molecule has 3 saturated heterocycles. The van der Waals surface area contributed by atoms with E-state index in [1.807, 2.05) is 29.2 Å². The van der Waals surface area contributed by atoms with Gasteiger partial charge >= 0.3 is 12.2 Å². The molecule has 0 bridgehead atoms. The van der Waals surface area contributed by atoms with Crippen molar-refractivity contribution in [2.24, 2.45) is 11.7 Å². The van der Waals surface area contributed by atoms with E-state index in [0.717, 1.165) is 11.3 Å². The lowest BCUT2D eigenvalue weighted by Crippen LogP contribution is -2.53. The fraction of sp³-hybridized carbons (Fsp3) is 0.600. The molecule has 1 atom stereocenters. The van der Waals surface area contributed by atoms with Crippen LogP contribution < -0.4 is 10.6 Å². The highest BCUT2D eigenvalue weighted by Gasteiger charge is 2.38. The average Bonchev–Trinajstić information content (AvgIpc) is 3.09. The zero-order valence-corrected chi connectivity index (χ0v) is 16.5. The third-order valence-corrected chi connectivity index (χ3v) is 6.07. The van der Waals surface area contributed by atoms with E-state index in [4.69, 9.17) is 10.5 Å². The molecule has 4 rings (SSSR count). The molecule has 7 nitrogen and oxygen atoms in total. The molecule has 3 aliphatic rings. The Morgan fingerprint density at radius 1 is 1.03 bits per heavy atom. The Balaban J connectivity index is 1.21. The maximum atomic E-state index is 12.5. The van der Waals surface area contributed by atoms with Gasteiger partial charge in [-0.15, -0.1) is 0 Å². The minimum absolute atomic E-state index is 0.0444. The number of nitrogens with two attached hydrogens (primary N) is 1. The first-order valence-corrected chi connectivity index (χ1v) is 10.1. The summed E-state index contributed by atoms with van der Waals surface area (Å²) in [6.07, 6.45) is -4.06. The Bertz CT molecular complexity index is 789. The molecule has 0 unspecified atom stereocenters. The number of benzene rings is 1. The van der Waals surface area contributed by atoms with Crippen LogP contribution >= 0.6 is 0 Å². The number of hydrogen-bond acceptors (Lipinski definition) is 4. The minimum Gasteiger partial charge on any atom is -0.369 e. The number of likely N-dealkylation sites (tertiary alicyclic amines) is 2. The summed E-state index contributed by atoms with van der Waals surface area (Å²) in [5.74, 6) is -0.345. The van der Waals surface area contributed by atoms with Crippen molar-refractivity contribution in [2.75, 3.05) is 50.8 Å². The van der Waals surface area contributed by atoms with Gasteiger partial charge in [0, 0.05) is 50.9 Å². The molecule has 3 heterocycles. The van der Waals surface area contributed by atoms with E-state index < -0.39 is 18.9 Å². The highest BCUT2D eigenvalue weighted by molar-refractivity contribution is 5.80. The van der Waals surface area contributed by atoms with Crippen LogP contribution in [-0.4, -0.2) is 79.9 Å². The van der Waals surface area contributed by atoms with E-state index in [9.17, 15) is 22.8 Å². The maximum absolute atomic E-state index is 12.5. The van der Waals surface area contributed by atoms with Crippen molar-refractivity contribution in [1.29, 1.82) is 0 Å². The van der Waals surface area contributed by atoms with Gasteiger partial charge in [0.25, 0.3) is 0 Å². The second-order valence-electron chi connectivity index (χ2n) is 8.26. The Kier molecular flexibility index (Phi) is 5.52. The summed E-state index contributed by atoms with van der Waals surface area (Å²) in [5.41, 5.74) is 7.40. The van der Waals surface area contributed by atoms with Gasteiger partial charge in [0.05, 0.1) is 12.0 Å². The summed E-state index contributed by atoms with van der Waals surface area (Å²) >= 11 is 0. The summed E-state index contributed by atoms with van der Waals surface area (Å²) in [4.78, 5) is 29.2. The molecule has 0 aliphatic carbocycles. The number of rotatable bonds is 5. The molecule has 1 aromatic carbocycles. The third kappa shape index (κ3) is 4.48. The van der Waals surface area contributed by atoms with Crippen LogP contribution in [0.4, 0.5) is 23.7 Å². The highest BCUT2D eigenvalue weighted by Crippen LogP contribution is 2.31. The van der Waals surface area contributed by atoms with E-state index in [1.165, 1.54) is 0 Å². The Morgan fingerprint density at radius 2 is 1.70 bits per heavy atom. The smallest absolute Gasteiger partial charge is 0.369 e. The lowest BCUT2D eigenvalue weighted by molar-refractivity contribution is -0.187. The van der Waals surface area contributed by atoms with Gasteiger partial charge in [0.1, 0.15) is 6.61 Å². The second kappa shape index (κ2) is 7.98. The van der Waals surface area contributed by atoms with Gasteiger partial charge in [0.2, 0.25) is 5.91 Å². The molecule has 1 aromatic rings. The van der Waals surface area contributed by atoms with E-state index in [-0.39, 0.29) is 23.8 Å². The zero-order valence-electron chi connectivity index (χ0n) is 16.5. The number of hydrogen-bond donors (Lipinski definition) is 1. The average molecular weight is 426 g/mol. The number of amides is 3. The standard InChI is InChI=1S/C20H25F3N4O3/c21-20(22,23)12-30-17-10-26(11-17)16-3-1-13(2-4-16)15-8-27(9-15)19(29)25-6-5-14(7-25)18(24)28/h1-4,14-15,17H,5-12H2,(H2,24,28)/t14-/m1/s1. The van der Waals surface area contributed by atoms with Crippen molar-refractivity contribution in [2.45, 2.75) is 24.6 Å². The van der Waals surface area contributed by atoms with Crippen LogP contribution in [0.15, 0.2) is 24.3 Å². The van der Waals surface area contributed by atoms with E-state index in [2.05, 4.69) is 0 Å². The van der Waals surface area contributed by atoms with Gasteiger partial charge in [-0.3, -0.25) is 4.79 Å². The number of alkyl halides is 3. The van der Waals surface area contributed by atoms with Gasteiger partial charge in [-0.1, -0.05) is 12.1 Å². The molecule has 2 N–H and O–H groups in total. The minimum atomic E-state index is -4.29. The van der Waals surface area contributed by atoms with Crippen LogP contribution in [0.2, 0.25) is 0 Å². The second-order valence-corrected chi connectivity index (χ2v) is 8.26. The predicted molar refractivity (Wildman–Crippen MR) is 103 cm³/mol. The molecule has 0 spiro atoms. The first-order valence-electron chi connectivity index (χ1n) is 10.1. The molecule has 0 aromatic heterocycles. The zero-order chi connectivity index (χ0) is 21.5. The summed E-state index contributed by atoms with van der Waals surface area (Å²) in [6.45, 7) is 1.91. The van der Waals surface area contributed by atoms with E-state index in [1.54, 1.807) is 9.80 Å². The van der Waals surface area contributed by atoms with Gasteiger partial charge in [-0.25, -0.2) is 4.79 Å². The topological polar surface area (TPSA) is 79.1 Å². The van der Waals surface area contributed by atoms with E-state index in [0.29, 0.717) is 45.7 Å². The molecule has 3 fully saturated rings. The van der Waals surface area contributed by atoms with Crippen LogP contribution in [0.3, 0.4) is 0 Å². The summed E-state index contributed by atoms with van der Waals surface area (Å²) in [6, 6.07) is 7.88. The molecule has 3 aliphatic heterocycles. The third-order valence-electron chi connectivity index (χ3n) is 6.07. The highest BCUT2D eigenvalue weighted by atomic mass is 19.4. The van der Waals surface area contributed by atoms with Crippen LogP contribution in [0.5, 0.6) is 0 Å². The number of urea groups is 1. The van der Waals surface area contributed by atoms with Crippen molar-refractivity contribution in [3.63, 3.8) is 0 Å². The van der Waals surface area contributed by atoms with Crippen molar-refractivity contribution < 1.29 is 27.5 Å². The van der Waals surface area contributed by atoms with E-state index >= 15 is 0 Å². The largest absolute Gasteiger partial charge is 0.411 e. The van der Waals surface area contributed by atoms with Crippen LogP contribution in [0.25, 0.3) is 0 Å². The number of carbonyl (C=O) groups is 2. The van der Waals surface area contributed by atoms with Crippen molar-refractivity contribution >= 4 is 17.6 Å². The molecule has 10 heteroatoms. The first-order chi connectivity index (χ1) is 14.2. The first kappa shape index (κ1) is 20.8. The lowest BCUT2D eigenvalue weighted by Gasteiger charge is -2.42. The SMILES string of the molecule is NC(=O)[C@@H]1CCN(C(=O)N2CC(c3ccc(N4CC(OCC(F)(F)F)C4)cc3)C2)C1. The molecular formula is C20H25F3N4O3. The van der Waals surface area contributed by atoms with Crippen molar-refractivity contribution in [1.82, 2.24) is 9.80 Å². The Labute approximate surface area is 172 Å². The number of halogens is 3. The van der Waals surface area contributed by atoms with Crippen LogP contribution in [-0.2, 0) is 9.53 Å². The summed E-state index contributed by atoms with van der Waals surface area (Å²) in [7, 11) is 0. The molecule has 0 saturated carbocycles. The quantitative estimate of drug-likeness (QED) is 0.779. The monoisotopic (exact) mass is 426 g/mol. The Morgan fingerprint density at radius 3 is 2.27 bits per heavy atom. The summed E-state index contributed by atoms with van der Waals surface area (Å²) in [5, 5.41) is 0. The van der Waals surface area contributed by atoms with Crippen LogP contribution in [0.1, 0.15) is 17.9 Å². The van der Waals surface area contributed by atoms with Gasteiger partial charge in [0.15, 0.2) is 0 Å². The number of primary amides is 1. The fourth-order valence-corrected chi connectivity index (χ4v) is 4.14. The van der Waals surface area contributed by atoms with Crippen LogP contribution in [0, 0.1) is 5.92 Å². The number of nitrogens with zero attached hydrogens (tertiary/aromatic N) is 3. The Hall–Kier alpha value is -2.49. The van der Waals surface area contributed by atoms with Crippen molar-refractivity contribution in [3.8, 4) is 0 Å². The molecule has 3 amide bonds. The molecule has 164 valence electrons. The molecular weight excluding hydrogens is 401 g/mol. The lowest BCUT2D eigenvalue weighted by atomic mass is 9.91.